The number of aliphatic hydroxyl groups is 1. The molecule has 1 N–H and O–H groups in total. The lowest BCUT2D eigenvalue weighted by atomic mass is 10.1. The van der Waals surface area contributed by atoms with Crippen LogP contribution in [-0.2, 0) is 11.3 Å². The summed E-state index contributed by atoms with van der Waals surface area (Å²) in [6, 6.07) is 15.0. The predicted octanol–water partition coefficient (Wildman–Crippen LogP) is 3.97. The first-order valence-corrected chi connectivity index (χ1v) is 12.1. The second kappa shape index (κ2) is 12.5. The summed E-state index contributed by atoms with van der Waals surface area (Å²) in [4.78, 5) is 4.57. The Bertz CT molecular complexity index is 869. The minimum absolute atomic E-state index is 0.0313. The van der Waals surface area contributed by atoms with Gasteiger partial charge in [-0.1, -0.05) is 18.2 Å². The zero-order valence-electron chi connectivity index (χ0n) is 20.9. The van der Waals surface area contributed by atoms with Crippen LogP contribution in [0, 0.1) is 5.82 Å². The third-order valence-corrected chi connectivity index (χ3v) is 6.02. The molecule has 1 aliphatic rings. The van der Waals surface area contributed by atoms with Gasteiger partial charge in [0.25, 0.3) is 0 Å². The van der Waals surface area contributed by atoms with Crippen molar-refractivity contribution in [3.63, 3.8) is 0 Å². The zero-order valence-corrected chi connectivity index (χ0v) is 20.9. The maximum Gasteiger partial charge on any atom is 0.134 e. The molecule has 0 amide bonds. The number of hydrogen-bond acceptors (Lipinski definition) is 6. The summed E-state index contributed by atoms with van der Waals surface area (Å²) in [7, 11) is 0. The quantitative estimate of drug-likeness (QED) is 0.532. The van der Waals surface area contributed by atoms with Crippen LogP contribution in [-0.4, -0.2) is 78.7 Å². The molecule has 188 valence electrons. The third-order valence-electron chi connectivity index (χ3n) is 6.02. The van der Waals surface area contributed by atoms with Gasteiger partial charge in [-0.2, -0.15) is 0 Å². The topological polar surface area (TPSA) is 54.4 Å². The molecule has 0 spiro atoms. The van der Waals surface area contributed by atoms with Gasteiger partial charge in [-0.05, 0) is 57.5 Å². The van der Waals surface area contributed by atoms with Crippen molar-refractivity contribution < 1.29 is 23.7 Å². The fraction of sp³-hybridized carbons (Fsp3) is 0.556. The van der Waals surface area contributed by atoms with Crippen LogP contribution in [0.5, 0.6) is 11.5 Å². The predicted molar refractivity (Wildman–Crippen MR) is 132 cm³/mol. The average molecular weight is 475 g/mol. The maximum absolute atomic E-state index is 13.4. The molecule has 0 bridgehead atoms. The minimum atomic E-state index is -1.18. The average Bonchev–Trinajstić information content (AvgIpc) is 2.97. The zero-order chi connectivity index (χ0) is 24.6. The van der Waals surface area contributed by atoms with Gasteiger partial charge in [0.05, 0.1) is 13.2 Å². The lowest BCUT2D eigenvalue weighted by Gasteiger charge is -2.30. The smallest absolute Gasteiger partial charge is 0.134 e. The highest BCUT2D eigenvalue weighted by Crippen LogP contribution is 2.20. The van der Waals surface area contributed by atoms with Crippen LogP contribution >= 0.6 is 0 Å². The van der Waals surface area contributed by atoms with Crippen LogP contribution in [0.25, 0.3) is 0 Å². The van der Waals surface area contributed by atoms with Gasteiger partial charge in [-0.3, -0.25) is 9.80 Å². The van der Waals surface area contributed by atoms with Crippen molar-refractivity contribution in [1.82, 2.24) is 9.80 Å². The van der Waals surface area contributed by atoms with Gasteiger partial charge in [0.2, 0.25) is 0 Å². The second-order valence-electron chi connectivity index (χ2n) is 9.65. The Hall–Kier alpha value is -2.19. The highest BCUT2D eigenvalue weighted by molar-refractivity contribution is 5.27. The Kier molecular flexibility index (Phi) is 9.71. The van der Waals surface area contributed by atoms with Crippen molar-refractivity contribution in [1.29, 1.82) is 0 Å². The molecule has 0 radical (unpaired) electrons. The van der Waals surface area contributed by atoms with Gasteiger partial charge in [-0.15, -0.1) is 0 Å². The first kappa shape index (κ1) is 26.4. The first-order valence-electron chi connectivity index (χ1n) is 12.1. The van der Waals surface area contributed by atoms with Crippen molar-refractivity contribution in [3.05, 3.63) is 59.9 Å². The van der Waals surface area contributed by atoms with E-state index in [0.717, 1.165) is 17.9 Å². The Morgan fingerprint density at radius 2 is 1.79 bits per heavy atom. The van der Waals surface area contributed by atoms with Crippen molar-refractivity contribution in [3.8, 4) is 11.5 Å². The fourth-order valence-electron chi connectivity index (χ4n) is 4.32. The Labute approximate surface area is 203 Å². The van der Waals surface area contributed by atoms with Crippen molar-refractivity contribution in [2.24, 2.45) is 0 Å². The maximum atomic E-state index is 13.4. The molecule has 3 rings (SSSR count). The van der Waals surface area contributed by atoms with Gasteiger partial charge in [0.1, 0.15) is 36.1 Å². The molecule has 2 aromatic carbocycles. The molecule has 0 aromatic heterocycles. The van der Waals surface area contributed by atoms with E-state index in [9.17, 15) is 9.50 Å². The van der Waals surface area contributed by atoms with Crippen LogP contribution in [0.3, 0.4) is 0 Å². The molecule has 34 heavy (non-hydrogen) atoms. The molecule has 1 heterocycles. The lowest BCUT2D eigenvalue weighted by molar-refractivity contribution is -0.0647. The number of nitrogens with zero attached hydrogens (tertiary/aromatic N) is 2. The molecule has 0 aliphatic carbocycles. The molecule has 1 atom stereocenters. The SMILES string of the molecule is CC(C)N(CCOc1ccc(CN2CCOC[C@](O)(COc3cccc(F)c3)C2)cc1)C(C)C. The van der Waals surface area contributed by atoms with E-state index in [0.29, 0.717) is 50.7 Å². The van der Waals surface area contributed by atoms with E-state index in [1.807, 2.05) is 12.1 Å². The summed E-state index contributed by atoms with van der Waals surface area (Å²) < 4.78 is 30.7. The minimum Gasteiger partial charge on any atom is -0.492 e. The lowest BCUT2D eigenvalue weighted by Crippen LogP contribution is -2.48. The summed E-state index contributed by atoms with van der Waals surface area (Å²) in [6.45, 7) is 12.9. The molecule has 2 aromatic rings. The number of ether oxygens (including phenoxy) is 3. The molecule has 6 nitrogen and oxygen atoms in total. The van der Waals surface area contributed by atoms with E-state index >= 15 is 0 Å². The van der Waals surface area contributed by atoms with E-state index in [4.69, 9.17) is 14.2 Å². The van der Waals surface area contributed by atoms with Gasteiger partial charge in [0, 0.05) is 44.3 Å². The highest BCUT2D eigenvalue weighted by atomic mass is 19.1. The Morgan fingerprint density at radius 3 is 2.47 bits per heavy atom. The number of rotatable bonds is 11. The van der Waals surface area contributed by atoms with Crippen LogP contribution in [0.2, 0.25) is 0 Å². The fourth-order valence-corrected chi connectivity index (χ4v) is 4.32. The van der Waals surface area contributed by atoms with Crippen molar-refractivity contribution in [2.45, 2.75) is 51.9 Å². The van der Waals surface area contributed by atoms with Crippen molar-refractivity contribution in [2.75, 3.05) is 46.1 Å². The summed E-state index contributed by atoms with van der Waals surface area (Å²) in [5, 5.41) is 11.1. The van der Waals surface area contributed by atoms with Crippen LogP contribution < -0.4 is 9.47 Å². The molecule has 1 saturated heterocycles. The van der Waals surface area contributed by atoms with E-state index in [1.54, 1.807) is 12.1 Å². The second-order valence-corrected chi connectivity index (χ2v) is 9.65. The summed E-state index contributed by atoms with van der Waals surface area (Å²) >= 11 is 0. The molecular weight excluding hydrogens is 435 g/mol. The van der Waals surface area contributed by atoms with E-state index in [2.05, 4.69) is 49.6 Å². The van der Waals surface area contributed by atoms with E-state index < -0.39 is 5.60 Å². The number of benzene rings is 2. The normalized spacial score (nSPS) is 19.6. The van der Waals surface area contributed by atoms with E-state index in [1.165, 1.54) is 12.1 Å². The van der Waals surface area contributed by atoms with Crippen molar-refractivity contribution >= 4 is 0 Å². The van der Waals surface area contributed by atoms with Gasteiger partial charge < -0.3 is 19.3 Å². The van der Waals surface area contributed by atoms with Crippen LogP contribution in [0.15, 0.2) is 48.5 Å². The molecule has 0 saturated carbocycles. The third kappa shape index (κ3) is 8.24. The summed E-state index contributed by atoms with van der Waals surface area (Å²) in [5.74, 6) is 0.882. The standard InChI is InChI=1S/C27H39FN2O4/c1-21(2)30(22(3)4)13-15-33-25-10-8-23(9-11-25)17-29-12-14-32-19-27(31,18-29)20-34-26-7-5-6-24(28)16-26/h5-11,16,21-22,31H,12-15,17-20H2,1-4H3/t27-/m0/s1. The van der Waals surface area contributed by atoms with Crippen LogP contribution in [0.4, 0.5) is 4.39 Å². The highest BCUT2D eigenvalue weighted by Gasteiger charge is 2.33. The monoisotopic (exact) mass is 474 g/mol. The first-order chi connectivity index (χ1) is 16.2. The number of halogens is 1. The number of β-amino-alcohol motifs (C(OH)–C–C–N with tert-alkyl or cyclic N) is 1. The van der Waals surface area contributed by atoms with Gasteiger partial charge in [0.15, 0.2) is 0 Å². The molecule has 1 fully saturated rings. The van der Waals surface area contributed by atoms with Gasteiger partial charge in [-0.25, -0.2) is 4.39 Å². The van der Waals surface area contributed by atoms with Crippen LogP contribution in [0.1, 0.15) is 33.3 Å². The number of hydrogen-bond donors (Lipinski definition) is 1. The Morgan fingerprint density at radius 1 is 1.06 bits per heavy atom. The molecule has 7 heteroatoms. The summed E-state index contributed by atoms with van der Waals surface area (Å²) in [6.07, 6.45) is 0. The largest absolute Gasteiger partial charge is 0.492 e. The van der Waals surface area contributed by atoms with E-state index in [-0.39, 0.29) is 19.0 Å². The Balaban J connectivity index is 1.50. The molecular formula is C27H39FN2O4. The molecule has 0 unspecified atom stereocenters. The molecule has 1 aliphatic heterocycles. The van der Waals surface area contributed by atoms with Gasteiger partial charge >= 0.3 is 0 Å². The summed E-state index contributed by atoms with van der Waals surface area (Å²) in [5.41, 5.74) is -0.0430.